The number of allylic oxidation sites excluding steroid dienone is 2. The number of hydrogen-bond acceptors (Lipinski definition) is 0. The van der Waals surface area contributed by atoms with E-state index in [1.807, 2.05) is 0 Å². The molecule has 0 aliphatic heterocycles. The standard InChI is InChI=1S/2C11H13Si.C3H6.Zr/c2*1-12(2)11-8-7-9-5-3-4-6-10(9)11;1-3-2;/h2*3-8,12H,1-2H3;1-2H3;. The van der Waals surface area contributed by atoms with Gasteiger partial charge < -0.3 is 0 Å². The maximum atomic E-state index is 2.74. The Morgan fingerprint density at radius 1 is 0.679 bits per heavy atom. The SMILES string of the molecule is C[C](C)=[Zr]([CH]1C=C([SiH](C)C)c2ccccc21)[CH]1C=C([SiH](C)C)c2ccccc21. The molecule has 0 N–H and O–H groups in total. The first-order valence-corrected chi connectivity index (χ1v) is 20.5. The third-order valence-corrected chi connectivity index (χ3v) is 18.4. The van der Waals surface area contributed by atoms with Crippen LogP contribution in [0.3, 0.4) is 0 Å². The van der Waals surface area contributed by atoms with Gasteiger partial charge in [-0.25, -0.2) is 0 Å². The summed E-state index contributed by atoms with van der Waals surface area (Å²) >= 11 is -1.98. The third kappa shape index (κ3) is 3.44. The van der Waals surface area contributed by atoms with E-state index in [1.54, 1.807) is 35.9 Å². The van der Waals surface area contributed by atoms with E-state index in [0.29, 0.717) is 7.25 Å². The van der Waals surface area contributed by atoms with Crippen LogP contribution in [0.5, 0.6) is 0 Å². The minimum atomic E-state index is -1.98. The molecule has 2 aliphatic carbocycles. The maximum absolute atomic E-state index is 2.74. The first-order chi connectivity index (χ1) is 13.4. The van der Waals surface area contributed by atoms with Crippen LogP contribution in [0.15, 0.2) is 60.7 Å². The van der Waals surface area contributed by atoms with Crippen molar-refractivity contribution in [1.82, 2.24) is 0 Å². The Morgan fingerprint density at radius 3 is 1.43 bits per heavy atom. The summed E-state index contributed by atoms with van der Waals surface area (Å²) in [6.45, 7) is 14.8. The van der Waals surface area contributed by atoms with Gasteiger partial charge in [0.2, 0.25) is 0 Å². The van der Waals surface area contributed by atoms with Crippen molar-refractivity contribution in [2.24, 2.45) is 0 Å². The summed E-state index contributed by atoms with van der Waals surface area (Å²) in [6, 6.07) is 18.7. The van der Waals surface area contributed by atoms with Crippen LogP contribution in [0, 0.1) is 0 Å². The molecule has 2 atom stereocenters. The Balaban J connectivity index is 1.88. The molecule has 28 heavy (non-hydrogen) atoms. The molecule has 0 amide bonds. The van der Waals surface area contributed by atoms with Crippen LogP contribution in [0.1, 0.15) is 43.4 Å². The van der Waals surface area contributed by atoms with Crippen LogP contribution < -0.4 is 0 Å². The van der Waals surface area contributed by atoms with Gasteiger partial charge in [0.25, 0.3) is 0 Å². The van der Waals surface area contributed by atoms with E-state index >= 15 is 0 Å². The number of rotatable bonds is 4. The van der Waals surface area contributed by atoms with Crippen molar-refractivity contribution in [3.63, 3.8) is 0 Å². The second-order valence-electron chi connectivity index (χ2n) is 9.14. The van der Waals surface area contributed by atoms with Gasteiger partial charge in [0.05, 0.1) is 0 Å². The van der Waals surface area contributed by atoms with Gasteiger partial charge in [0.1, 0.15) is 0 Å². The fourth-order valence-electron chi connectivity index (χ4n) is 5.12. The fourth-order valence-corrected chi connectivity index (χ4v) is 17.6. The van der Waals surface area contributed by atoms with Crippen LogP contribution in [0.2, 0.25) is 26.2 Å². The molecular weight excluding hydrogens is 448 g/mol. The Labute approximate surface area is 181 Å². The van der Waals surface area contributed by atoms with Crippen molar-refractivity contribution in [3.05, 3.63) is 82.9 Å². The van der Waals surface area contributed by atoms with Crippen LogP contribution in [0.25, 0.3) is 10.4 Å². The van der Waals surface area contributed by atoms with E-state index < -0.39 is 38.9 Å². The summed E-state index contributed by atoms with van der Waals surface area (Å²) in [5, 5.41) is 3.43. The average Bonchev–Trinajstić information content (AvgIpc) is 3.22. The monoisotopic (exact) mass is 478 g/mol. The van der Waals surface area contributed by atoms with Crippen LogP contribution in [-0.2, 0) is 21.3 Å². The fraction of sp³-hybridized carbons (Fsp3) is 0.320. The molecule has 0 bridgehead atoms. The van der Waals surface area contributed by atoms with Crippen LogP contribution in [-0.4, -0.2) is 20.8 Å². The molecule has 2 aromatic rings. The summed E-state index contributed by atoms with van der Waals surface area (Å²) in [5.41, 5.74) is 6.47. The molecule has 0 heterocycles. The predicted molar refractivity (Wildman–Crippen MR) is 128 cm³/mol. The molecule has 0 nitrogen and oxygen atoms in total. The zero-order chi connectivity index (χ0) is 20.0. The summed E-state index contributed by atoms with van der Waals surface area (Å²) in [7, 11) is -1.65. The quantitative estimate of drug-likeness (QED) is 0.462. The molecule has 0 radical (unpaired) electrons. The minimum absolute atomic E-state index is 0.705. The predicted octanol–water partition coefficient (Wildman–Crippen LogP) is 6.15. The Hall–Kier alpha value is -0.893. The number of benzene rings is 2. The molecule has 0 aromatic heterocycles. The van der Waals surface area contributed by atoms with Gasteiger partial charge >= 0.3 is 183 Å². The van der Waals surface area contributed by atoms with Gasteiger partial charge in [0.15, 0.2) is 0 Å². The van der Waals surface area contributed by atoms with E-state index in [-0.39, 0.29) is 0 Å². The molecule has 2 aliphatic rings. The van der Waals surface area contributed by atoms with Gasteiger partial charge in [-0.15, -0.1) is 0 Å². The zero-order valence-corrected chi connectivity index (χ0v) is 22.9. The van der Waals surface area contributed by atoms with Crippen molar-refractivity contribution in [3.8, 4) is 0 Å². The molecule has 0 spiro atoms. The summed E-state index contributed by atoms with van der Waals surface area (Å²) in [5.74, 6) is 0. The number of fused-ring (bicyclic) bond motifs is 2. The van der Waals surface area contributed by atoms with Gasteiger partial charge in [-0.1, -0.05) is 0 Å². The topological polar surface area (TPSA) is 0 Å². The van der Waals surface area contributed by atoms with Gasteiger partial charge in [-0.2, -0.15) is 0 Å². The second-order valence-corrected chi connectivity index (χ2v) is 22.8. The zero-order valence-electron chi connectivity index (χ0n) is 18.1. The first-order valence-electron chi connectivity index (χ1n) is 10.7. The van der Waals surface area contributed by atoms with E-state index in [1.165, 1.54) is 0 Å². The second kappa shape index (κ2) is 8.09. The van der Waals surface area contributed by atoms with E-state index in [2.05, 4.69) is 101 Å². The van der Waals surface area contributed by atoms with Gasteiger partial charge in [-0.05, 0) is 0 Å². The molecule has 3 heteroatoms. The molecular formula is C25H32Si2Zr. The third-order valence-electron chi connectivity index (χ3n) is 6.40. The molecule has 0 fully saturated rings. The molecule has 0 saturated heterocycles. The normalized spacial score (nSPS) is 20.1. The molecule has 2 aromatic carbocycles. The number of hydrogen-bond donors (Lipinski definition) is 0. The van der Waals surface area contributed by atoms with E-state index in [9.17, 15) is 0 Å². The van der Waals surface area contributed by atoms with E-state index in [0.717, 1.165) is 0 Å². The van der Waals surface area contributed by atoms with Crippen molar-refractivity contribution in [2.45, 2.75) is 47.3 Å². The van der Waals surface area contributed by atoms with E-state index in [4.69, 9.17) is 0 Å². The van der Waals surface area contributed by atoms with Crippen molar-refractivity contribution in [1.29, 1.82) is 0 Å². The van der Waals surface area contributed by atoms with Crippen LogP contribution in [0.4, 0.5) is 0 Å². The Morgan fingerprint density at radius 2 is 1.07 bits per heavy atom. The first kappa shape index (κ1) is 20.4. The Bertz CT molecular complexity index is 931. The summed E-state index contributed by atoms with van der Waals surface area (Å²) in [4.78, 5) is 0. The summed E-state index contributed by atoms with van der Waals surface area (Å²) in [6.07, 6.45) is 5.48. The van der Waals surface area contributed by atoms with Crippen LogP contribution >= 0.6 is 0 Å². The van der Waals surface area contributed by atoms with Crippen molar-refractivity contribution in [2.75, 3.05) is 0 Å². The Kier molecular flexibility index (Phi) is 5.89. The average molecular weight is 480 g/mol. The van der Waals surface area contributed by atoms with Crippen molar-refractivity contribution < 1.29 is 21.3 Å². The molecule has 0 saturated carbocycles. The molecule has 4 rings (SSSR count). The van der Waals surface area contributed by atoms with Gasteiger partial charge in [0, 0.05) is 0 Å². The van der Waals surface area contributed by atoms with Crippen molar-refractivity contribution >= 4 is 31.2 Å². The summed E-state index contributed by atoms with van der Waals surface area (Å²) < 4.78 is 3.17. The molecule has 2 unspecified atom stereocenters. The van der Waals surface area contributed by atoms with Gasteiger partial charge in [-0.3, -0.25) is 0 Å². The molecule has 144 valence electrons.